The Morgan fingerprint density at radius 2 is 0.787 bits per heavy atom. The third kappa shape index (κ3) is 13.0. The summed E-state index contributed by atoms with van der Waals surface area (Å²) < 4.78 is 136. The van der Waals surface area contributed by atoms with Crippen molar-refractivity contribution in [2.45, 2.75) is 50.6 Å². The number of halogens is 12. The maximum atomic E-state index is 11.3. The van der Waals surface area contributed by atoms with Gasteiger partial charge in [-0.15, -0.1) is 0 Å². The van der Waals surface area contributed by atoms with Crippen LogP contribution < -0.4 is 10.2 Å². The molecular weight excluding hydrogens is 888 g/mol. The number of ketones is 2. The predicted octanol–water partition coefficient (Wildman–Crippen LogP) is 9.79. The molecule has 61 heavy (non-hydrogen) atoms. The first-order valence-corrected chi connectivity index (χ1v) is 17.1. The number of hydrogen-bond donors (Lipinski definition) is 0. The average molecular weight is 916 g/mol. The second-order valence-corrected chi connectivity index (χ2v) is 12.9. The molecule has 5 aromatic carbocycles. The fourth-order valence-corrected chi connectivity index (χ4v) is 5.70. The van der Waals surface area contributed by atoms with E-state index in [1.807, 2.05) is 12.4 Å². The third-order valence-electron chi connectivity index (χ3n) is 8.48. The number of hydrogen-bond acceptors (Lipinski definition) is 6. The molecule has 7 rings (SSSR count). The van der Waals surface area contributed by atoms with Crippen molar-refractivity contribution < 1.29 is 89.6 Å². The van der Waals surface area contributed by atoms with E-state index >= 15 is 0 Å². The van der Waals surface area contributed by atoms with Gasteiger partial charge in [0, 0.05) is 23.6 Å². The quantitative estimate of drug-likeness (QED) is 0.0778. The van der Waals surface area contributed by atoms with E-state index < -0.39 is 59.9 Å². The molecule has 0 aliphatic carbocycles. The van der Waals surface area contributed by atoms with E-state index in [0.29, 0.717) is 0 Å². The SMILES string of the molecule is C1=N[C@H]([C@H]2N=Cc3cccc4cccc2c34)c2cccc3cccc1c23.Cc1ccc(C)cc1.O=C(/C=C(\[O-])C(F)(F)F)C(F)(F)F.O=C(/C=C(\[O-])C(F)(F)F)C(F)(F)F.[Cu+2]. The van der Waals surface area contributed by atoms with Gasteiger partial charge in [-0.2, -0.15) is 52.7 Å². The number of carbonyl (C=O) groups is 2. The Hall–Kier alpha value is -5.94. The number of carbonyl (C=O) groups excluding carboxylic acids is 2. The van der Waals surface area contributed by atoms with E-state index in [1.165, 1.54) is 54.9 Å². The molecule has 0 N–H and O–H groups in total. The monoisotopic (exact) mass is 915 g/mol. The van der Waals surface area contributed by atoms with Gasteiger partial charge in [-0.3, -0.25) is 19.6 Å². The van der Waals surface area contributed by atoms with Crippen LogP contribution in [-0.4, -0.2) is 48.7 Å². The molecule has 0 bridgehead atoms. The van der Waals surface area contributed by atoms with Crippen molar-refractivity contribution in [2.75, 3.05) is 0 Å². The van der Waals surface area contributed by atoms with Crippen LogP contribution in [0.15, 0.2) is 131 Å². The molecule has 2 aliphatic rings. The molecule has 5 aromatic rings. The van der Waals surface area contributed by atoms with Gasteiger partial charge in [-0.1, -0.05) is 108 Å². The van der Waals surface area contributed by atoms with Gasteiger partial charge in [-0.05, 0) is 70.2 Å². The summed E-state index contributed by atoms with van der Waals surface area (Å²) in [6, 6.07) is 34.4. The summed E-state index contributed by atoms with van der Waals surface area (Å²) in [5.74, 6) is -11.3. The van der Waals surface area contributed by atoms with E-state index in [4.69, 9.17) is 9.98 Å². The van der Waals surface area contributed by atoms with Gasteiger partial charge in [0.2, 0.25) is 0 Å². The van der Waals surface area contributed by atoms with Crippen LogP contribution in [0.2, 0.25) is 0 Å². The van der Waals surface area contributed by atoms with E-state index in [0.717, 1.165) is 0 Å². The molecule has 0 unspecified atom stereocenters. The van der Waals surface area contributed by atoms with Crippen LogP contribution >= 0.6 is 0 Å². The van der Waals surface area contributed by atoms with Crippen molar-refractivity contribution in [3.05, 3.63) is 154 Å². The predicted molar refractivity (Wildman–Crippen MR) is 195 cm³/mol. The van der Waals surface area contributed by atoms with Crippen LogP contribution in [0.25, 0.3) is 21.5 Å². The van der Waals surface area contributed by atoms with E-state index in [-0.39, 0.29) is 29.2 Å². The second-order valence-electron chi connectivity index (χ2n) is 12.9. The van der Waals surface area contributed by atoms with E-state index in [2.05, 4.69) is 111 Å². The molecule has 19 heteroatoms. The minimum atomic E-state index is -5.46. The number of rotatable bonds is 3. The maximum Gasteiger partial charge on any atom is 2.00 e. The Labute approximate surface area is 349 Å². The molecule has 2 atom stereocenters. The van der Waals surface area contributed by atoms with Gasteiger partial charge in [0.05, 0.1) is 0 Å². The van der Waals surface area contributed by atoms with Crippen LogP contribution in [0.3, 0.4) is 0 Å². The smallest absolute Gasteiger partial charge is 0.869 e. The summed E-state index contributed by atoms with van der Waals surface area (Å²) in [5.41, 5.74) is 7.62. The number of aliphatic imine (C=N–C) groups is 2. The Morgan fingerprint density at radius 3 is 1.07 bits per heavy atom. The summed E-state index contributed by atoms with van der Waals surface area (Å²) in [6.07, 6.45) is -19.8. The zero-order chi connectivity index (χ0) is 44.8. The number of benzene rings is 5. The molecule has 0 amide bonds. The summed E-state index contributed by atoms with van der Waals surface area (Å²) in [4.78, 5) is 29.5. The van der Waals surface area contributed by atoms with Gasteiger partial charge in [-0.25, -0.2) is 0 Å². The van der Waals surface area contributed by atoms with Crippen molar-refractivity contribution >= 4 is 45.5 Å². The van der Waals surface area contributed by atoms with Gasteiger partial charge in [0.25, 0.3) is 11.6 Å². The minimum Gasteiger partial charge on any atom is -0.869 e. The van der Waals surface area contributed by atoms with Crippen molar-refractivity contribution in [3.63, 3.8) is 0 Å². The topological polar surface area (TPSA) is 105 Å². The van der Waals surface area contributed by atoms with E-state index in [1.54, 1.807) is 0 Å². The van der Waals surface area contributed by atoms with Gasteiger partial charge in [0.15, 0.2) is 0 Å². The second kappa shape index (κ2) is 19.6. The van der Waals surface area contributed by atoms with E-state index in [9.17, 15) is 72.5 Å². The fraction of sp³-hybridized carbons (Fsp3) is 0.190. The molecule has 2 heterocycles. The number of alkyl halides is 12. The van der Waals surface area contributed by atoms with Crippen LogP contribution in [0, 0.1) is 13.8 Å². The summed E-state index contributed by atoms with van der Waals surface area (Å²) >= 11 is 0. The Bertz CT molecular complexity index is 2300. The third-order valence-corrected chi connectivity index (χ3v) is 8.48. The molecule has 0 aromatic heterocycles. The standard InChI is InChI=1S/C24H16N2.C8H10.2C5H2F6O2.Cu/c1-5-15-7-3-11-19-21(15)17(9-1)13-25-23(19)24-20-12-4-8-16-6-2-10-18(14-26-24)22(16)20;1-7-3-5-8(2)6-4-7;2*6-4(7,8)2(12)1-3(13)5(9,10)11;/h1-14,23-24H;3-6H,1-2H3;2*1,12H;/q;;;;+2/p-2/b;;2*2-1-;/t23-,24-;;;;/m0..../s1. The van der Waals surface area contributed by atoms with Crippen LogP contribution in [0.4, 0.5) is 52.7 Å². The molecule has 0 saturated heterocycles. The number of nitrogens with zero attached hydrogens (tertiary/aromatic N) is 2. The van der Waals surface area contributed by atoms with Crippen LogP contribution in [-0.2, 0) is 26.7 Å². The maximum absolute atomic E-state index is 11.3. The van der Waals surface area contributed by atoms with Gasteiger partial charge < -0.3 is 10.2 Å². The Kier molecular flexibility index (Phi) is 15.9. The normalized spacial score (nSPS) is 15.9. The zero-order valence-electron chi connectivity index (χ0n) is 31.1. The molecule has 6 nitrogen and oxygen atoms in total. The van der Waals surface area contributed by atoms with Crippen LogP contribution in [0.1, 0.15) is 45.5 Å². The van der Waals surface area contributed by atoms with Gasteiger partial charge in [0.1, 0.15) is 12.1 Å². The van der Waals surface area contributed by atoms with Crippen molar-refractivity contribution in [2.24, 2.45) is 9.98 Å². The molecule has 0 spiro atoms. The molecule has 0 saturated carbocycles. The first-order valence-electron chi connectivity index (χ1n) is 17.1. The number of allylic oxidation sites excluding steroid dienone is 4. The minimum absolute atomic E-state index is 0. The molecule has 325 valence electrons. The largest absolute Gasteiger partial charge is 2.00 e. The fourth-order valence-electron chi connectivity index (χ4n) is 5.70. The molecular formula is C42H28CuF12N2O4. The average Bonchev–Trinajstić information content (AvgIpc) is 3.16. The number of aryl methyl sites for hydroxylation is 2. The molecule has 0 fully saturated rings. The molecule has 1 radical (unpaired) electrons. The summed E-state index contributed by atoms with van der Waals surface area (Å²) in [6.45, 7) is 4.19. The van der Waals surface area contributed by atoms with Crippen LogP contribution in [0.5, 0.6) is 0 Å². The zero-order valence-corrected chi connectivity index (χ0v) is 32.0. The summed E-state index contributed by atoms with van der Waals surface area (Å²) in [7, 11) is 0. The summed E-state index contributed by atoms with van der Waals surface area (Å²) in [5, 5.41) is 24.8. The Morgan fingerprint density at radius 1 is 0.492 bits per heavy atom. The van der Waals surface area contributed by atoms with Gasteiger partial charge >= 0.3 is 41.8 Å². The molecule has 2 aliphatic heterocycles. The Balaban J connectivity index is 0.000000242. The first kappa shape index (κ1) is 49.4. The van der Waals surface area contributed by atoms with Crippen molar-refractivity contribution in [1.82, 2.24) is 0 Å². The van der Waals surface area contributed by atoms with Crippen molar-refractivity contribution in [3.8, 4) is 0 Å². The van der Waals surface area contributed by atoms with Crippen molar-refractivity contribution in [1.29, 1.82) is 0 Å². The first-order chi connectivity index (χ1) is 27.8.